The average molecular weight is 740 g/mol. The third-order valence-corrected chi connectivity index (χ3v) is 10.7. The Morgan fingerprint density at radius 2 is 0.939 bits per heavy atom. The Bertz CT molecular complexity index is 1990. The quantitative estimate of drug-likeness (QED) is 0.0911. The van der Waals surface area contributed by atoms with Crippen LogP contribution in [0.4, 0.5) is 11.4 Å². The Morgan fingerprint density at radius 3 is 1.29 bits per heavy atom. The van der Waals surface area contributed by atoms with Crippen molar-refractivity contribution in [1.29, 1.82) is 0 Å². The van der Waals surface area contributed by atoms with E-state index in [1.807, 2.05) is 92.7 Å². The minimum atomic E-state index is -4.31. The Hall–Kier alpha value is -3.90. The number of halogens is 2. The zero-order chi connectivity index (χ0) is 35.3. The zero-order valence-electron chi connectivity index (χ0n) is 26.9. The Balaban J connectivity index is 1.45. The van der Waals surface area contributed by atoms with E-state index < -0.39 is 20.2 Å². The van der Waals surface area contributed by atoms with Gasteiger partial charge in [0, 0.05) is 59.1 Å². The van der Waals surface area contributed by atoms with Gasteiger partial charge in [0.1, 0.15) is 0 Å². The maximum Gasteiger partial charge on any atom is 0.294 e. The molecule has 0 radical (unpaired) electrons. The zero-order valence-corrected chi connectivity index (χ0v) is 30.0. The summed E-state index contributed by atoms with van der Waals surface area (Å²) in [6, 6.07) is 34.2. The minimum Gasteiger partial charge on any atom is -0.367 e. The Morgan fingerprint density at radius 1 is 0.571 bits per heavy atom. The molecule has 12 heteroatoms. The second kappa shape index (κ2) is 15.3. The number of hydrogen-bond acceptors (Lipinski definition) is 6. The van der Waals surface area contributed by atoms with Crippen molar-refractivity contribution in [2.24, 2.45) is 0 Å². The average Bonchev–Trinajstić information content (AvgIpc) is 3.08. The third kappa shape index (κ3) is 8.83. The van der Waals surface area contributed by atoms with Crippen LogP contribution in [0.3, 0.4) is 0 Å². The van der Waals surface area contributed by atoms with E-state index in [2.05, 4.69) is 9.80 Å². The fourth-order valence-corrected chi connectivity index (χ4v) is 7.61. The van der Waals surface area contributed by atoms with Gasteiger partial charge in [-0.15, -0.1) is 0 Å². The van der Waals surface area contributed by atoms with Crippen molar-refractivity contribution in [3.63, 3.8) is 0 Å². The van der Waals surface area contributed by atoms with E-state index in [-0.39, 0.29) is 15.7 Å². The van der Waals surface area contributed by atoms with Crippen LogP contribution in [-0.2, 0) is 33.3 Å². The highest BCUT2D eigenvalue weighted by molar-refractivity contribution is 7.86. The molecule has 0 aliphatic rings. The van der Waals surface area contributed by atoms with Crippen molar-refractivity contribution in [2.45, 2.75) is 42.6 Å². The van der Waals surface area contributed by atoms with Gasteiger partial charge in [-0.3, -0.25) is 9.11 Å². The van der Waals surface area contributed by atoms with Crippen molar-refractivity contribution in [2.75, 3.05) is 22.9 Å². The molecule has 8 nitrogen and oxygen atoms in total. The molecule has 49 heavy (non-hydrogen) atoms. The molecule has 0 saturated carbocycles. The molecule has 0 heterocycles. The molecular formula is C37H36Cl2N2O6S2. The Labute approximate surface area is 298 Å². The Kier molecular flexibility index (Phi) is 11.4. The van der Waals surface area contributed by atoms with Gasteiger partial charge in [0.2, 0.25) is 0 Å². The van der Waals surface area contributed by atoms with E-state index in [4.69, 9.17) is 23.2 Å². The highest BCUT2D eigenvalue weighted by Crippen LogP contribution is 2.41. The monoisotopic (exact) mass is 738 g/mol. The molecular weight excluding hydrogens is 703 g/mol. The first-order chi connectivity index (χ1) is 23.3. The molecule has 5 rings (SSSR count). The van der Waals surface area contributed by atoms with Gasteiger partial charge in [0.05, 0.1) is 9.79 Å². The number of anilines is 2. The first kappa shape index (κ1) is 36.4. The maximum atomic E-state index is 11.7. The lowest BCUT2D eigenvalue weighted by molar-refractivity contribution is 0.481. The normalized spacial score (nSPS) is 11.9. The predicted octanol–water partition coefficient (Wildman–Crippen LogP) is 8.72. The molecule has 0 bridgehead atoms. The second-order valence-electron chi connectivity index (χ2n) is 11.5. The molecule has 0 atom stereocenters. The van der Waals surface area contributed by atoms with Crippen LogP contribution in [0.5, 0.6) is 0 Å². The molecule has 0 spiro atoms. The maximum absolute atomic E-state index is 11.7. The molecule has 0 fully saturated rings. The molecule has 5 aromatic rings. The summed E-state index contributed by atoms with van der Waals surface area (Å²) < 4.78 is 65.7. The molecule has 5 aromatic carbocycles. The lowest BCUT2D eigenvalue weighted by Gasteiger charge is -2.27. The van der Waals surface area contributed by atoms with Crippen LogP contribution in [0.1, 0.15) is 47.6 Å². The van der Waals surface area contributed by atoms with Crippen LogP contribution in [0, 0.1) is 0 Å². The van der Waals surface area contributed by atoms with Crippen LogP contribution in [0.2, 0.25) is 10.0 Å². The molecule has 0 aliphatic heterocycles. The van der Waals surface area contributed by atoms with Gasteiger partial charge < -0.3 is 9.80 Å². The largest absolute Gasteiger partial charge is 0.367 e. The topological polar surface area (TPSA) is 115 Å². The van der Waals surface area contributed by atoms with Crippen LogP contribution >= 0.6 is 23.2 Å². The van der Waals surface area contributed by atoms with Gasteiger partial charge in [0.15, 0.2) is 0 Å². The summed E-state index contributed by atoms with van der Waals surface area (Å²) in [6.07, 6.45) is 0. The summed E-state index contributed by atoms with van der Waals surface area (Å²) in [5.74, 6) is -0.299. The number of benzene rings is 5. The molecule has 256 valence electrons. The highest BCUT2D eigenvalue weighted by atomic mass is 35.5. The smallest absolute Gasteiger partial charge is 0.294 e. The van der Waals surface area contributed by atoms with E-state index in [1.165, 1.54) is 24.3 Å². The number of hydrogen-bond donors (Lipinski definition) is 2. The van der Waals surface area contributed by atoms with Gasteiger partial charge in [-0.05, 0) is 96.8 Å². The molecule has 0 amide bonds. The van der Waals surface area contributed by atoms with E-state index in [0.29, 0.717) is 36.2 Å². The van der Waals surface area contributed by atoms with Crippen LogP contribution in [-0.4, -0.2) is 39.0 Å². The lowest BCUT2D eigenvalue weighted by Crippen LogP contribution is -2.22. The van der Waals surface area contributed by atoms with Gasteiger partial charge in [-0.2, -0.15) is 16.8 Å². The molecule has 0 saturated heterocycles. The molecule has 0 unspecified atom stereocenters. The lowest BCUT2D eigenvalue weighted by atomic mass is 9.84. The summed E-state index contributed by atoms with van der Waals surface area (Å²) in [7, 11) is -8.62. The summed E-state index contributed by atoms with van der Waals surface area (Å²) in [5.41, 5.74) is 6.05. The minimum absolute atomic E-state index is 0.143. The van der Waals surface area contributed by atoms with Crippen molar-refractivity contribution in [1.82, 2.24) is 0 Å². The fourth-order valence-electron chi connectivity index (χ4n) is 5.89. The van der Waals surface area contributed by atoms with Crippen molar-refractivity contribution in [3.05, 3.63) is 153 Å². The van der Waals surface area contributed by atoms with Gasteiger partial charge in [-0.25, -0.2) is 0 Å². The van der Waals surface area contributed by atoms with E-state index in [1.54, 1.807) is 12.1 Å². The molecule has 0 aliphatic carbocycles. The fraction of sp³-hybridized carbons (Fsp3) is 0.189. The summed E-state index contributed by atoms with van der Waals surface area (Å²) in [4.78, 5) is 3.92. The van der Waals surface area contributed by atoms with Gasteiger partial charge in [0.25, 0.3) is 20.2 Å². The third-order valence-electron chi connectivity index (χ3n) is 8.37. The van der Waals surface area contributed by atoms with Crippen LogP contribution in [0.25, 0.3) is 0 Å². The highest BCUT2D eigenvalue weighted by Gasteiger charge is 2.23. The summed E-state index contributed by atoms with van der Waals surface area (Å²) >= 11 is 13.6. The van der Waals surface area contributed by atoms with Crippen LogP contribution in [0.15, 0.2) is 125 Å². The standard InChI is InChI=1S/C37H36Cl2N2O6S2/c1-3-40(24-26-8-5-10-32(22-26)48(42,43)44)30-18-14-28(15-19-30)36(37-34(38)12-7-13-35(37)39)29-16-20-31(21-17-29)41(4-2)25-27-9-6-11-33(23-27)49(45,46)47/h5-23,36H,3-4,24-25H2,1-2H3,(H,42,43,44)(H,45,46,47). The van der Waals surface area contributed by atoms with E-state index >= 15 is 0 Å². The van der Waals surface area contributed by atoms with Gasteiger partial charge >= 0.3 is 0 Å². The molecule has 0 aromatic heterocycles. The van der Waals surface area contributed by atoms with Crippen molar-refractivity contribution < 1.29 is 25.9 Å². The first-order valence-corrected chi connectivity index (χ1v) is 19.2. The van der Waals surface area contributed by atoms with E-state index in [9.17, 15) is 25.9 Å². The first-order valence-electron chi connectivity index (χ1n) is 15.5. The second-order valence-corrected chi connectivity index (χ2v) is 15.2. The van der Waals surface area contributed by atoms with Crippen LogP contribution < -0.4 is 9.80 Å². The SMILES string of the molecule is CCN(Cc1cccc(S(=O)(=O)O)c1)c1ccc(C(c2ccc(N(CC)Cc3cccc(S(=O)(=O)O)c3)cc2)c2c(Cl)cccc2Cl)cc1. The summed E-state index contributed by atoms with van der Waals surface area (Å²) in [6.45, 7) is 6.22. The predicted molar refractivity (Wildman–Crippen MR) is 196 cm³/mol. The van der Waals surface area contributed by atoms with Gasteiger partial charge in [-0.1, -0.05) is 77.8 Å². The number of nitrogens with zero attached hydrogens (tertiary/aromatic N) is 2. The van der Waals surface area contributed by atoms with Crippen molar-refractivity contribution >= 4 is 54.8 Å². The van der Waals surface area contributed by atoms with Crippen molar-refractivity contribution in [3.8, 4) is 0 Å². The summed E-state index contributed by atoms with van der Waals surface area (Å²) in [5, 5.41) is 1.07. The number of rotatable bonds is 13. The van der Waals surface area contributed by atoms with E-state index in [0.717, 1.165) is 39.2 Å². The molecule has 2 N–H and O–H groups in total.